The number of pyridine rings is 2. The molecule has 6 nitrogen and oxygen atoms in total. The predicted molar refractivity (Wildman–Crippen MR) is 99.1 cm³/mol. The van der Waals surface area contributed by atoms with Crippen molar-refractivity contribution in [1.29, 1.82) is 0 Å². The topological polar surface area (TPSA) is 81.4 Å². The molecular formula is C21H16F2N2O4. The van der Waals surface area contributed by atoms with E-state index in [1.165, 1.54) is 4.57 Å². The van der Waals surface area contributed by atoms with Crippen molar-refractivity contribution >= 4 is 16.9 Å². The van der Waals surface area contributed by atoms with Gasteiger partial charge in [0.15, 0.2) is 0 Å². The number of ether oxygens (including phenoxy) is 1. The van der Waals surface area contributed by atoms with Crippen LogP contribution in [-0.4, -0.2) is 20.6 Å². The molecule has 3 aromatic rings. The lowest BCUT2D eigenvalue weighted by atomic mass is 9.85. The smallest absolute Gasteiger partial charge is 0.309 e. The molecular weight excluding hydrogens is 382 g/mol. The van der Waals surface area contributed by atoms with Crippen molar-refractivity contribution < 1.29 is 23.4 Å². The maximum atomic E-state index is 14.2. The zero-order chi connectivity index (χ0) is 20.5. The Morgan fingerprint density at radius 1 is 1.24 bits per heavy atom. The van der Waals surface area contributed by atoms with E-state index in [2.05, 4.69) is 4.98 Å². The highest BCUT2D eigenvalue weighted by molar-refractivity contribution is 5.84. The number of hydrogen-bond donors (Lipinski definition) is 1. The first-order chi connectivity index (χ1) is 13.8. The van der Waals surface area contributed by atoms with Crippen LogP contribution in [-0.2, 0) is 28.3 Å². The number of aromatic nitrogens is 2. The lowest BCUT2D eigenvalue weighted by molar-refractivity contribution is -0.149. The summed E-state index contributed by atoms with van der Waals surface area (Å²) in [5.74, 6) is -2.04. The molecule has 0 radical (unpaired) electrons. The number of cyclic esters (lactones) is 1. The first kappa shape index (κ1) is 17.9. The summed E-state index contributed by atoms with van der Waals surface area (Å²) in [5, 5.41) is 11.2. The lowest BCUT2D eigenvalue weighted by Crippen LogP contribution is -2.32. The fourth-order valence-corrected chi connectivity index (χ4v) is 4.20. The van der Waals surface area contributed by atoms with Crippen LogP contribution in [0.25, 0.3) is 22.3 Å². The van der Waals surface area contributed by atoms with E-state index in [0.717, 1.165) is 12.1 Å². The summed E-state index contributed by atoms with van der Waals surface area (Å²) in [7, 11) is 0. The van der Waals surface area contributed by atoms with Gasteiger partial charge in [0.25, 0.3) is 5.56 Å². The van der Waals surface area contributed by atoms with Crippen LogP contribution in [0.15, 0.2) is 29.1 Å². The van der Waals surface area contributed by atoms with Gasteiger partial charge >= 0.3 is 5.97 Å². The van der Waals surface area contributed by atoms with Crippen molar-refractivity contribution in [2.45, 2.75) is 38.5 Å². The predicted octanol–water partition coefficient (Wildman–Crippen LogP) is 2.75. The van der Waals surface area contributed by atoms with Gasteiger partial charge in [-0.05, 0) is 24.1 Å². The van der Waals surface area contributed by atoms with Crippen LogP contribution >= 0.6 is 0 Å². The molecule has 1 N–H and O–H groups in total. The van der Waals surface area contributed by atoms with Crippen LogP contribution in [0.4, 0.5) is 8.78 Å². The summed E-state index contributed by atoms with van der Waals surface area (Å²) >= 11 is 0. The number of rotatable bonds is 1. The maximum Gasteiger partial charge on any atom is 0.309 e. The summed E-state index contributed by atoms with van der Waals surface area (Å²) in [6, 6.07) is 5.14. The Kier molecular flexibility index (Phi) is 3.67. The van der Waals surface area contributed by atoms with Gasteiger partial charge in [-0.1, -0.05) is 6.92 Å². The fraction of sp³-hybridized carbons (Fsp3) is 0.286. The van der Waals surface area contributed by atoms with Crippen LogP contribution in [0.3, 0.4) is 0 Å². The lowest BCUT2D eigenvalue weighted by Gasteiger charge is -2.26. The third-order valence-corrected chi connectivity index (χ3v) is 5.80. The number of esters is 1. The van der Waals surface area contributed by atoms with Gasteiger partial charge in [-0.3, -0.25) is 9.59 Å². The van der Waals surface area contributed by atoms with E-state index >= 15 is 0 Å². The van der Waals surface area contributed by atoms with Gasteiger partial charge in [-0.25, -0.2) is 13.8 Å². The van der Waals surface area contributed by atoms with Gasteiger partial charge in [0.1, 0.15) is 23.8 Å². The van der Waals surface area contributed by atoms with Crippen LogP contribution in [0, 0.1) is 11.6 Å². The Bertz CT molecular complexity index is 1280. The molecule has 8 heteroatoms. The van der Waals surface area contributed by atoms with Crippen LogP contribution < -0.4 is 5.56 Å². The zero-order valence-corrected chi connectivity index (χ0v) is 15.5. The Morgan fingerprint density at radius 2 is 2.03 bits per heavy atom. The average molecular weight is 398 g/mol. The molecule has 0 aliphatic carbocycles. The van der Waals surface area contributed by atoms with E-state index in [1.54, 1.807) is 19.1 Å². The van der Waals surface area contributed by atoms with E-state index in [4.69, 9.17) is 4.74 Å². The molecule has 5 rings (SSSR count). The Hall–Kier alpha value is -3.13. The van der Waals surface area contributed by atoms with E-state index in [-0.39, 0.29) is 42.5 Å². The van der Waals surface area contributed by atoms with Crippen LogP contribution in [0.1, 0.15) is 36.5 Å². The number of aliphatic hydroxyl groups is 1. The van der Waals surface area contributed by atoms with Crippen molar-refractivity contribution in [1.82, 2.24) is 9.55 Å². The number of benzene rings is 1. The van der Waals surface area contributed by atoms with Crippen molar-refractivity contribution in [3.05, 3.63) is 62.9 Å². The standard InChI is InChI=1S/C21H16F2N2O4/c1-2-21(28)7-18(26)29-9-13-14(21)6-17-19-10(8-25(17)20(13)27)3-12-15(23)4-11(22)5-16(12)24-19/h3-6,28H,2,7-9H2,1H3/t21-/m1/s1. The molecule has 1 atom stereocenters. The molecule has 0 unspecified atom stereocenters. The minimum absolute atomic E-state index is 0.140. The van der Waals surface area contributed by atoms with Gasteiger partial charge < -0.3 is 14.4 Å². The van der Waals surface area contributed by atoms with Gasteiger partial charge in [-0.15, -0.1) is 0 Å². The Labute approximate surface area is 163 Å². The van der Waals surface area contributed by atoms with E-state index in [1.807, 2.05) is 0 Å². The Morgan fingerprint density at radius 3 is 2.79 bits per heavy atom. The summed E-state index contributed by atoms with van der Waals surface area (Å²) in [5.41, 5.74) is 0.260. The molecule has 0 spiro atoms. The second-order valence-corrected chi connectivity index (χ2v) is 7.49. The van der Waals surface area contributed by atoms with Crippen LogP contribution in [0.5, 0.6) is 0 Å². The normalized spacial score (nSPS) is 20.1. The van der Waals surface area contributed by atoms with Gasteiger partial charge in [0.2, 0.25) is 0 Å². The molecule has 2 aliphatic rings. The molecule has 148 valence electrons. The molecule has 0 amide bonds. The highest BCUT2D eigenvalue weighted by atomic mass is 19.1. The summed E-state index contributed by atoms with van der Waals surface area (Å²) < 4.78 is 34.4. The number of carbonyl (C=O) groups excluding carboxylic acids is 1. The van der Waals surface area contributed by atoms with Gasteiger partial charge in [0.05, 0.1) is 35.4 Å². The highest BCUT2D eigenvalue weighted by Crippen LogP contribution is 2.39. The average Bonchev–Trinajstić information content (AvgIpc) is 2.97. The van der Waals surface area contributed by atoms with Crippen LogP contribution in [0.2, 0.25) is 0 Å². The number of halogens is 2. The number of fused-ring (bicyclic) bond motifs is 5. The van der Waals surface area contributed by atoms with Crippen molar-refractivity contribution in [2.75, 3.05) is 0 Å². The summed E-state index contributed by atoms with van der Waals surface area (Å²) in [6.07, 6.45) is -0.0414. The van der Waals surface area contributed by atoms with E-state index < -0.39 is 28.8 Å². The molecule has 0 saturated carbocycles. The van der Waals surface area contributed by atoms with Gasteiger partial charge in [0, 0.05) is 23.1 Å². The largest absolute Gasteiger partial charge is 0.460 e. The quantitative estimate of drug-likeness (QED) is 0.499. The van der Waals surface area contributed by atoms with Gasteiger partial charge in [-0.2, -0.15) is 0 Å². The number of carbonyl (C=O) groups is 1. The minimum Gasteiger partial charge on any atom is -0.460 e. The number of hydrogen-bond acceptors (Lipinski definition) is 5. The van der Waals surface area contributed by atoms with E-state index in [0.29, 0.717) is 22.5 Å². The molecule has 29 heavy (non-hydrogen) atoms. The minimum atomic E-state index is -1.53. The third-order valence-electron chi connectivity index (χ3n) is 5.80. The van der Waals surface area contributed by atoms with Crippen molar-refractivity contribution in [3.8, 4) is 11.4 Å². The molecule has 2 aromatic heterocycles. The maximum absolute atomic E-state index is 14.2. The Balaban J connectivity index is 1.79. The molecule has 0 bridgehead atoms. The molecule has 2 aliphatic heterocycles. The van der Waals surface area contributed by atoms with Crippen molar-refractivity contribution in [2.24, 2.45) is 0 Å². The molecule has 4 heterocycles. The fourth-order valence-electron chi connectivity index (χ4n) is 4.20. The number of nitrogens with zero attached hydrogens (tertiary/aromatic N) is 2. The second kappa shape index (κ2) is 5.93. The second-order valence-electron chi connectivity index (χ2n) is 7.49. The highest BCUT2D eigenvalue weighted by Gasteiger charge is 2.39. The first-order valence-corrected chi connectivity index (χ1v) is 9.25. The molecule has 0 saturated heterocycles. The SMILES string of the molecule is CC[C@@]1(O)CC(=O)OCc2c1cc1n(c2=O)Cc2cc3c(F)cc(F)cc3nc2-1. The summed E-state index contributed by atoms with van der Waals surface area (Å²) in [6.45, 7) is 1.66. The third kappa shape index (κ3) is 2.52. The van der Waals surface area contributed by atoms with E-state index in [9.17, 15) is 23.5 Å². The monoisotopic (exact) mass is 398 g/mol. The molecule has 0 fully saturated rings. The zero-order valence-electron chi connectivity index (χ0n) is 15.5. The first-order valence-electron chi connectivity index (χ1n) is 9.25. The van der Waals surface area contributed by atoms with Crippen molar-refractivity contribution in [3.63, 3.8) is 0 Å². The summed E-state index contributed by atoms with van der Waals surface area (Å²) in [4.78, 5) is 29.5. The molecule has 1 aromatic carbocycles.